The van der Waals surface area contributed by atoms with Gasteiger partial charge in [0.2, 0.25) is 0 Å². The van der Waals surface area contributed by atoms with E-state index in [0.717, 1.165) is 0 Å². The third-order valence-electron chi connectivity index (χ3n) is 3.76. The summed E-state index contributed by atoms with van der Waals surface area (Å²) in [6, 6.07) is 4.22. The summed E-state index contributed by atoms with van der Waals surface area (Å²) in [6.07, 6.45) is 1.56. The van der Waals surface area contributed by atoms with Crippen LogP contribution in [-0.2, 0) is 16.4 Å². The van der Waals surface area contributed by atoms with Gasteiger partial charge in [0, 0.05) is 5.02 Å². The molecule has 0 saturated carbocycles. The van der Waals surface area contributed by atoms with Crippen molar-refractivity contribution >= 4 is 42.4 Å². The number of fused-ring (bicyclic) bond motifs is 1. The lowest BCUT2D eigenvalue weighted by molar-refractivity contribution is 0.363. The zero-order valence-electron chi connectivity index (χ0n) is 13.0. The fourth-order valence-electron chi connectivity index (χ4n) is 2.56. The Balaban J connectivity index is 1.95. The number of benzene rings is 2. The lowest BCUT2D eigenvalue weighted by atomic mass is 10.1. The Morgan fingerprint density at radius 3 is 2.26 bits per heavy atom. The van der Waals surface area contributed by atoms with Crippen molar-refractivity contribution in [3.8, 4) is 0 Å². The first kappa shape index (κ1) is 19.9. The van der Waals surface area contributed by atoms with Crippen molar-refractivity contribution in [2.75, 3.05) is 4.72 Å². The molecule has 12 heteroatoms. The number of hydrogen-bond donors (Lipinski definition) is 1. The molecule has 148 valence electrons. The monoisotopic (exact) mass is 449 g/mol. The summed E-state index contributed by atoms with van der Waals surface area (Å²) in [7, 11) is -14.4. The van der Waals surface area contributed by atoms with Crippen LogP contribution in [0.3, 0.4) is 0 Å². The van der Waals surface area contributed by atoms with Gasteiger partial charge in [-0.3, -0.25) is 4.72 Å². The van der Waals surface area contributed by atoms with Crippen LogP contribution in [0.5, 0.6) is 0 Å². The third-order valence-corrected chi connectivity index (χ3v) is 6.59. The molecule has 0 saturated heterocycles. The Bertz CT molecular complexity index is 1100. The van der Waals surface area contributed by atoms with Gasteiger partial charge in [-0.15, -0.1) is 0 Å². The van der Waals surface area contributed by atoms with Crippen molar-refractivity contribution in [3.05, 3.63) is 64.4 Å². The van der Waals surface area contributed by atoms with Gasteiger partial charge < -0.3 is 0 Å². The van der Waals surface area contributed by atoms with Gasteiger partial charge >= 0.3 is 10.2 Å². The average molecular weight is 450 g/mol. The van der Waals surface area contributed by atoms with E-state index in [1.54, 1.807) is 10.8 Å². The van der Waals surface area contributed by atoms with Gasteiger partial charge in [0.05, 0.1) is 10.6 Å². The average Bonchev–Trinajstić information content (AvgIpc) is 2.90. The van der Waals surface area contributed by atoms with E-state index in [1.807, 2.05) is 0 Å². The Morgan fingerprint density at radius 2 is 1.67 bits per heavy atom. The van der Waals surface area contributed by atoms with Crippen LogP contribution in [0.4, 0.5) is 29.5 Å². The van der Waals surface area contributed by atoms with E-state index >= 15 is 0 Å². The van der Waals surface area contributed by atoms with Gasteiger partial charge in [-0.2, -0.15) is 0 Å². The Morgan fingerprint density at radius 1 is 1.00 bits per heavy atom. The highest BCUT2D eigenvalue weighted by Gasteiger charge is 2.65. The largest absolute Gasteiger partial charge is 0.310 e. The van der Waals surface area contributed by atoms with Crippen LogP contribution in [0.25, 0.3) is 4.91 Å². The molecular formula is C15H10ClF6NO2S2. The number of sulfonamides is 1. The molecular weight excluding hydrogens is 440 g/mol. The minimum absolute atomic E-state index is 0.0702. The molecule has 0 spiro atoms. The molecule has 3 rings (SSSR count). The first-order valence-electron chi connectivity index (χ1n) is 7.12. The van der Waals surface area contributed by atoms with Crippen molar-refractivity contribution in [2.24, 2.45) is 0 Å². The molecule has 1 aliphatic rings. The van der Waals surface area contributed by atoms with Crippen molar-refractivity contribution < 1.29 is 32.2 Å². The predicted molar refractivity (Wildman–Crippen MR) is 93.5 cm³/mol. The van der Waals surface area contributed by atoms with E-state index in [2.05, 4.69) is 0 Å². The highest BCUT2D eigenvalue weighted by Crippen LogP contribution is 3.02. The van der Waals surface area contributed by atoms with Crippen LogP contribution in [-0.4, -0.2) is 8.42 Å². The maximum absolute atomic E-state index is 13.9. The smallest absolute Gasteiger partial charge is 0.277 e. The van der Waals surface area contributed by atoms with Gasteiger partial charge in [-0.1, -0.05) is 43.2 Å². The maximum atomic E-state index is 13.9. The number of hydrogen-bond acceptors (Lipinski definition) is 2. The van der Waals surface area contributed by atoms with Gasteiger partial charge in [0.15, 0.2) is 0 Å². The van der Waals surface area contributed by atoms with Crippen LogP contribution in [0.2, 0.25) is 5.02 Å². The maximum Gasteiger partial charge on any atom is 0.310 e. The molecule has 0 atom stereocenters. The minimum atomic E-state index is -10.1. The molecule has 0 heterocycles. The third kappa shape index (κ3) is 4.04. The van der Waals surface area contributed by atoms with Gasteiger partial charge in [0.1, 0.15) is 10.7 Å². The highest BCUT2D eigenvalue weighted by atomic mass is 35.5. The van der Waals surface area contributed by atoms with Crippen LogP contribution in [0, 0.1) is 5.82 Å². The normalized spacial score (nSPS) is 16.9. The quantitative estimate of drug-likeness (QED) is 0.543. The molecule has 0 aromatic heterocycles. The predicted octanol–water partition coefficient (Wildman–Crippen LogP) is 6.48. The molecule has 3 nitrogen and oxygen atoms in total. The van der Waals surface area contributed by atoms with Crippen LogP contribution in [0.1, 0.15) is 11.1 Å². The topological polar surface area (TPSA) is 46.2 Å². The molecule has 0 aliphatic heterocycles. The van der Waals surface area contributed by atoms with E-state index in [1.165, 1.54) is 18.2 Å². The van der Waals surface area contributed by atoms with Crippen molar-refractivity contribution in [1.82, 2.24) is 0 Å². The van der Waals surface area contributed by atoms with Crippen molar-refractivity contribution in [2.45, 2.75) is 11.3 Å². The molecule has 1 aliphatic carbocycles. The lowest BCUT2D eigenvalue weighted by Crippen LogP contribution is -2.15. The molecule has 0 bridgehead atoms. The molecule has 0 unspecified atom stereocenters. The molecule has 27 heavy (non-hydrogen) atoms. The zero-order chi connectivity index (χ0) is 20.3. The van der Waals surface area contributed by atoms with Gasteiger partial charge in [-0.25, -0.2) is 12.8 Å². The second-order valence-corrected chi connectivity index (χ2v) is 10.3. The molecule has 0 amide bonds. The highest BCUT2D eigenvalue weighted by molar-refractivity contribution is 8.45. The van der Waals surface area contributed by atoms with Gasteiger partial charge in [-0.05, 0) is 47.9 Å². The van der Waals surface area contributed by atoms with Gasteiger partial charge in [0.25, 0.3) is 10.0 Å². The standard InChI is InChI=1S/C15H10ClF6NO2S2/c16-10-2-4-12-9(7-10)1-6-15(12)26(24,25)23-14-5-3-11(8-13(14)17)27(18,19,20,21)22/h2-8,23H,1H2. The molecule has 2 aromatic rings. The van der Waals surface area contributed by atoms with Crippen LogP contribution >= 0.6 is 21.8 Å². The summed E-state index contributed by atoms with van der Waals surface area (Å²) < 4.78 is 104. The number of rotatable bonds is 4. The number of halogens is 7. The molecule has 2 aromatic carbocycles. The SMILES string of the molecule is O=S(=O)(Nc1ccc(S(F)(F)(F)(F)F)cc1F)C1=CCc2cc(Cl)ccc21. The van der Waals surface area contributed by atoms with E-state index in [-0.39, 0.29) is 17.4 Å². The fourth-order valence-corrected chi connectivity index (χ4v) is 4.76. The van der Waals surface area contributed by atoms with Crippen LogP contribution < -0.4 is 4.72 Å². The van der Waals surface area contributed by atoms with Crippen molar-refractivity contribution in [3.63, 3.8) is 0 Å². The Hall–Kier alpha value is -1.85. The summed E-state index contributed by atoms with van der Waals surface area (Å²) in [5.41, 5.74) is 0.0134. The number of allylic oxidation sites excluding steroid dienone is 1. The lowest BCUT2D eigenvalue weighted by Gasteiger charge is -2.40. The second kappa shape index (κ2) is 5.36. The summed E-state index contributed by atoms with van der Waals surface area (Å²) >= 11 is 5.82. The van der Waals surface area contributed by atoms with Crippen LogP contribution in [0.15, 0.2) is 47.4 Å². The number of nitrogens with one attached hydrogen (secondary N) is 1. The summed E-state index contributed by atoms with van der Waals surface area (Å²) in [5, 5.41) is 0.381. The minimum Gasteiger partial charge on any atom is -0.277 e. The van der Waals surface area contributed by atoms with E-state index in [9.17, 15) is 32.2 Å². The Kier molecular flexibility index (Phi) is 3.95. The zero-order valence-corrected chi connectivity index (χ0v) is 15.4. The summed E-state index contributed by atoms with van der Waals surface area (Å²) in [4.78, 5) is -2.67. The summed E-state index contributed by atoms with van der Waals surface area (Å²) in [5.74, 6) is -1.78. The van der Waals surface area contributed by atoms with E-state index in [0.29, 0.717) is 22.2 Å². The molecule has 0 radical (unpaired) electrons. The first-order chi connectivity index (χ1) is 12.1. The fraction of sp³-hybridized carbons (Fsp3) is 0.0667. The molecule has 1 N–H and O–H groups in total. The van der Waals surface area contributed by atoms with E-state index in [4.69, 9.17) is 11.6 Å². The second-order valence-electron chi connectivity index (χ2n) is 5.79. The number of anilines is 1. The first-order valence-corrected chi connectivity index (χ1v) is 10.9. The van der Waals surface area contributed by atoms with Crippen molar-refractivity contribution in [1.29, 1.82) is 0 Å². The molecule has 0 fully saturated rings. The Labute approximate surface area is 155 Å². The van der Waals surface area contributed by atoms with E-state index < -0.39 is 42.7 Å². The summed E-state index contributed by atoms with van der Waals surface area (Å²) in [6.45, 7) is 0.